The summed E-state index contributed by atoms with van der Waals surface area (Å²) in [5.41, 5.74) is 5.74. The molecule has 12 heavy (non-hydrogen) atoms. The summed E-state index contributed by atoms with van der Waals surface area (Å²) in [4.78, 5) is 0. The van der Waals surface area contributed by atoms with Crippen molar-refractivity contribution < 1.29 is 0 Å². The second-order valence-electron chi connectivity index (χ2n) is 2.83. The van der Waals surface area contributed by atoms with Gasteiger partial charge in [-0.15, -0.1) is 5.73 Å². The molecule has 0 atom stereocenters. The molecule has 0 nitrogen and oxygen atoms in total. The van der Waals surface area contributed by atoms with Gasteiger partial charge >= 0.3 is 0 Å². The molecule has 0 fully saturated rings. The smallest absolute Gasteiger partial charge is 0.0128 e. The lowest BCUT2D eigenvalue weighted by atomic mass is 10.2. The molecule has 62 valence electrons. The average molecular weight is 158 g/mol. The van der Waals surface area contributed by atoms with Gasteiger partial charge in [0.15, 0.2) is 0 Å². The lowest BCUT2D eigenvalue weighted by molar-refractivity contribution is 1.11. The molecule has 0 aromatic heterocycles. The summed E-state index contributed by atoms with van der Waals surface area (Å²) in [6, 6.07) is 10.3. The molecule has 0 aliphatic heterocycles. The van der Waals surface area contributed by atoms with E-state index in [9.17, 15) is 0 Å². The fourth-order valence-electron chi connectivity index (χ4n) is 0.858. The van der Waals surface area contributed by atoms with Crippen molar-refractivity contribution in [1.82, 2.24) is 0 Å². The molecule has 0 aliphatic rings. The van der Waals surface area contributed by atoms with Crippen LogP contribution in [0.2, 0.25) is 0 Å². The van der Waals surface area contributed by atoms with Crippen molar-refractivity contribution in [3.8, 4) is 0 Å². The molecule has 0 heterocycles. The Morgan fingerprint density at radius 1 is 1.33 bits per heavy atom. The molecule has 1 aromatic carbocycles. The fraction of sp³-hybridized carbons (Fsp3) is 0.250. The average Bonchev–Trinajstić information content (AvgIpc) is 2.16. The molecule has 0 aliphatic carbocycles. The standard InChI is InChI=1S/C12H14/c1-3-11(2)9-10-12-7-5-4-6-8-12/h4-8,10H,3H2,1-2H3. The topological polar surface area (TPSA) is 0 Å². The van der Waals surface area contributed by atoms with E-state index in [1.807, 2.05) is 24.3 Å². The Morgan fingerprint density at radius 3 is 2.58 bits per heavy atom. The van der Waals surface area contributed by atoms with Gasteiger partial charge in [0.1, 0.15) is 0 Å². The van der Waals surface area contributed by atoms with Gasteiger partial charge in [-0.25, -0.2) is 0 Å². The van der Waals surface area contributed by atoms with E-state index in [0.717, 1.165) is 6.42 Å². The van der Waals surface area contributed by atoms with Crippen LogP contribution >= 0.6 is 0 Å². The monoisotopic (exact) mass is 158 g/mol. The van der Waals surface area contributed by atoms with Gasteiger partial charge in [0.25, 0.3) is 0 Å². The molecule has 0 N–H and O–H groups in total. The maximum Gasteiger partial charge on any atom is -0.0128 e. The molecular formula is C12H14. The Hall–Kier alpha value is -1.26. The van der Waals surface area contributed by atoms with Crippen LogP contribution in [0.3, 0.4) is 0 Å². The molecule has 1 aromatic rings. The van der Waals surface area contributed by atoms with Crippen LogP contribution in [-0.4, -0.2) is 0 Å². The van der Waals surface area contributed by atoms with Crippen LogP contribution in [0.5, 0.6) is 0 Å². The van der Waals surface area contributed by atoms with Gasteiger partial charge in [0.05, 0.1) is 0 Å². The first-order valence-corrected chi connectivity index (χ1v) is 4.30. The Balaban J connectivity index is 2.83. The summed E-state index contributed by atoms with van der Waals surface area (Å²) in [6.07, 6.45) is 3.10. The molecule has 0 heteroatoms. The molecule has 0 radical (unpaired) electrons. The third-order valence-electron chi connectivity index (χ3n) is 1.82. The second kappa shape index (κ2) is 4.58. The summed E-state index contributed by atoms with van der Waals surface area (Å²) in [6.45, 7) is 4.24. The van der Waals surface area contributed by atoms with Crippen molar-refractivity contribution >= 4 is 6.08 Å². The first-order chi connectivity index (χ1) is 5.83. The minimum Gasteiger partial charge on any atom is -0.121 e. The molecular weight excluding hydrogens is 144 g/mol. The maximum absolute atomic E-state index is 3.24. The van der Waals surface area contributed by atoms with Crippen molar-refractivity contribution in [2.75, 3.05) is 0 Å². The van der Waals surface area contributed by atoms with E-state index in [1.54, 1.807) is 0 Å². The molecule has 0 amide bonds. The molecule has 0 spiro atoms. The normalized spacial score (nSPS) is 8.83. The van der Waals surface area contributed by atoms with Crippen molar-refractivity contribution in [3.63, 3.8) is 0 Å². The van der Waals surface area contributed by atoms with Gasteiger partial charge in [-0.3, -0.25) is 0 Å². The lowest BCUT2D eigenvalue weighted by Crippen LogP contribution is -1.68. The third-order valence-corrected chi connectivity index (χ3v) is 1.82. The Bertz CT molecular complexity index is 287. The highest BCUT2D eigenvalue weighted by atomic mass is 13.9. The highest BCUT2D eigenvalue weighted by Gasteiger charge is 1.81. The Labute approximate surface area is 74.2 Å². The van der Waals surface area contributed by atoms with Crippen LogP contribution in [0.25, 0.3) is 6.08 Å². The van der Waals surface area contributed by atoms with E-state index < -0.39 is 0 Å². The van der Waals surface area contributed by atoms with Gasteiger partial charge in [-0.2, -0.15) is 0 Å². The Kier molecular flexibility index (Phi) is 3.37. The van der Waals surface area contributed by atoms with E-state index in [4.69, 9.17) is 0 Å². The summed E-state index contributed by atoms with van der Waals surface area (Å²) >= 11 is 0. The van der Waals surface area contributed by atoms with Crippen molar-refractivity contribution in [2.24, 2.45) is 0 Å². The second-order valence-corrected chi connectivity index (χ2v) is 2.83. The van der Waals surface area contributed by atoms with Crippen LogP contribution in [0.15, 0.2) is 41.6 Å². The highest BCUT2D eigenvalue weighted by Crippen LogP contribution is 2.02. The predicted octanol–water partition coefficient (Wildman–Crippen LogP) is 3.66. The summed E-state index contributed by atoms with van der Waals surface area (Å²) in [5, 5.41) is 0. The van der Waals surface area contributed by atoms with E-state index >= 15 is 0 Å². The molecule has 0 bridgehead atoms. The van der Waals surface area contributed by atoms with Crippen LogP contribution in [-0.2, 0) is 0 Å². The highest BCUT2D eigenvalue weighted by molar-refractivity contribution is 5.48. The molecule has 0 unspecified atom stereocenters. The van der Waals surface area contributed by atoms with Crippen molar-refractivity contribution in [2.45, 2.75) is 20.3 Å². The van der Waals surface area contributed by atoms with E-state index in [-0.39, 0.29) is 0 Å². The molecule has 1 rings (SSSR count). The summed E-state index contributed by atoms with van der Waals surface area (Å²) in [7, 11) is 0. The van der Waals surface area contributed by atoms with Gasteiger partial charge in [-0.05, 0) is 30.6 Å². The number of benzene rings is 1. The van der Waals surface area contributed by atoms with E-state index in [1.165, 1.54) is 11.1 Å². The zero-order valence-electron chi connectivity index (χ0n) is 7.67. The fourth-order valence-corrected chi connectivity index (χ4v) is 0.858. The molecule has 0 saturated carbocycles. The maximum atomic E-state index is 3.24. The zero-order valence-corrected chi connectivity index (χ0v) is 7.67. The summed E-state index contributed by atoms with van der Waals surface area (Å²) < 4.78 is 0. The van der Waals surface area contributed by atoms with Gasteiger partial charge < -0.3 is 0 Å². The number of hydrogen-bond acceptors (Lipinski definition) is 0. The van der Waals surface area contributed by atoms with E-state index in [0.29, 0.717) is 0 Å². The van der Waals surface area contributed by atoms with Crippen LogP contribution in [0, 0.1) is 0 Å². The van der Waals surface area contributed by atoms with Gasteiger partial charge in [0.2, 0.25) is 0 Å². The van der Waals surface area contributed by atoms with Gasteiger partial charge in [-0.1, -0.05) is 37.3 Å². The largest absolute Gasteiger partial charge is 0.121 e. The summed E-state index contributed by atoms with van der Waals surface area (Å²) in [5.74, 6) is 0. The van der Waals surface area contributed by atoms with Crippen molar-refractivity contribution in [1.29, 1.82) is 0 Å². The van der Waals surface area contributed by atoms with E-state index in [2.05, 4.69) is 31.7 Å². The first-order valence-electron chi connectivity index (χ1n) is 4.30. The lowest BCUT2D eigenvalue weighted by Gasteiger charge is -1.88. The SMILES string of the molecule is CCC(C)=C=Cc1ccccc1. The van der Waals surface area contributed by atoms with Crippen LogP contribution < -0.4 is 0 Å². The number of hydrogen-bond donors (Lipinski definition) is 0. The molecule has 0 saturated heterocycles. The van der Waals surface area contributed by atoms with Crippen molar-refractivity contribution in [3.05, 3.63) is 47.2 Å². The van der Waals surface area contributed by atoms with Gasteiger partial charge in [0, 0.05) is 0 Å². The van der Waals surface area contributed by atoms with Crippen LogP contribution in [0.1, 0.15) is 25.8 Å². The zero-order chi connectivity index (χ0) is 8.81. The Morgan fingerprint density at radius 2 is 2.00 bits per heavy atom. The number of allylic oxidation sites excluding steroid dienone is 1. The van der Waals surface area contributed by atoms with Crippen LogP contribution in [0.4, 0.5) is 0 Å². The first kappa shape index (κ1) is 8.83. The minimum absolute atomic E-state index is 1.07. The predicted molar refractivity (Wildman–Crippen MR) is 53.9 cm³/mol. The quantitative estimate of drug-likeness (QED) is 0.576. The third kappa shape index (κ3) is 2.77. The minimum atomic E-state index is 1.07. The number of rotatable bonds is 2.